The Bertz CT molecular complexity index is 1120. The fourth-order valence-corrected chi connectivity index (χ4v) is 5.33. The molecular formula is C22H25F3N2O4S. The number of carboxylic acids is 1. The fraction of sp³-hybridized carbons (Fsp3) is 0.409. The van der Waals surface area contributed by atoms with E-state index >= 15 is 0 Å². The van der Waals surface area contributed by atoms with E-state index < -0.39 is 27.7 Å². The maximum Gasteiger partial charge on any atom is 0.416 e. The van der Waals surface area contributed by atoms with Gasteiger partial charge in [0, 0.05) is 12.6 Å². The summed E-state index contributed by atoms with van der Waals surface area (Å²) < 4.78 is 68.9. The fourth-order valence-electron chi connectivity index (χ4n) is 3.93. The van der Waals surface area contributed by atoms with Gasteiger partial charge in [-0.2, -0.15) is 13.2 Å². The highest BCUT2D eigenvalue weighted by Crippen LogP contribution is 2.38. The van der Waals surface area contributed by atoms with Gasteiger partial charge >= 0.3 is 12.1 Å². The molecule has 1 fully saturated rings. The van der Waals surface area contributed by atoms with E-state index in [9.17, 15) is 31.5 Å². The molecule has 0 aromatic heterocycles. The number of nitrogens with zero attached hydrogens (tertiary/aromatic N) is 1. The van der Waals surface area contributed by atoms with Gasteiger partial charge in [-0.15, -0.1) is 0 Å². The number of alkyl halides is 3. The van der Waals surface area contributed by atoms with Crippen molar-refractivity contribution in [2.45, 2.75) is 56.6 Å². The van der Waals surface area contributed by atoms with E-state index in [-0.39, 0.29) is 22.2 Å². The van der Waals surface area contributed by atoms with Crippen molar-refractivity contribution < 1.29 is 31.5 Å². The molecule has 1 atom stereocenters. The molecule has 2 N–H and O–H groups in total. The van der Waals surface area contributed by atoms with Crippen LogP contribution in [0.25, 0.3) is 0 Å². The molecule has 1 heterocycles. The van der Waals surface area contributed by atoms with Gasteiger partial charge in [-0.3, -0.25) is 4.72 Å². The van der Waals surface area contributed by atoms with Crippen molar-refractivity contribution in [3.05, 3.63) is 53.1 Å². The zero-order valence-electron chi connectivity index (χ0n) is 17.7. The minimum atomic E-state index is -4.65. The van der Waals surface area contributed by atoms with Gasteiger partial charge in [-0.25, -0.2) is 13.2 Å². The number of halogens is 3. The molecule has 6 nitrogen and oxygen atoms in total. The number of hydrogen-bond donors (Lipinski definition) is 2. The summed E-state index contributed by atoms with van der Waals surface area (Å²) in [6.45, 7) is 4.25. The maximum absolute atomic E-state index is 13.4. The molecule has 0 bridgehead atoms. The normalized spacial score (nSPS) is 17.3. The van der Waals surface area contributed by atoms with Gasteiger partial charge in [0.2, 0.25) is 0 Å². The molecule has 1 unspecified atom stereocenters. The summed E-state index contributed by atoms with van der Waals surface area (Å²) in [4.78, 5) is 13.0. The molecule has 0 radical (unpaired) electrons. The van der Waals surface area contributed by atoms with Gasteiger partial charge in [0.1, 0.15) is 0 Å². The second-order valence-corrected chi connectivity index (χ2v) is 9.51. The number of carbonyl (C=O) groups is 1. The van der Waals surface area contributed by atoms with E-state index in [1.807, 2.05) is 11.8 Å². The van der Waals surface area contributed by atoms with Crippen LogP contribution in [-0.2, 0) is 22.6 Å². The zero-order valence-corrected chi connectivity index (χ0v) is 18.6. The first-order chi connectivity index (χ1) is 14.9. The Morgan fingerprint density at radius 2 is 1.91 bits per heavy atom. The largest absolute Gasteiger partial charge is 0.478 e. The van der Waals surface area contributed by atoms with Crippen LogP contribution in [0.15, 0.2) is 41.3 Å². The molecule has 0 saturated carbocycles. The minimum Gasteiger partial charge on any atom is -0.478 e. The molecule has 1 aliphatic heterocycles. The third-order valence-corrected chi connectivity index (χ3v) is 7.11. The number of hydrogen-bond acceptors (Lipinski definition) is 4. The van der Waals surface area contributed by atoms with Crippen LogP contribution in [0.5, 0.6) is 0 Å². The Hall–Kier alpha value is -2.75. The van der Waals surface area contributed by atoms with Crippen LogP contribution in [0.3, 0.4) is 0 Å². The highest BCUT2D eigenvalue weighted by Gasteiger charge is 2.33. The Kier molecular flexibility index (Phi) is 6.73. The smallest absolute Gasteiger partial charge is 0.416 e. The van der Waals surface area contributed by atoms with Crippen molar-refractivity contribution in [2.75, 3.05) is 16.2 Å². The molecule has 10 heteroatoms. The lowest BCUT2D eigenvalue weighted by molar-refractivity contribution is -0.137. The second-order valence-electron chi connectivity index (χ2n) is 7.85. The van der Waals surface area contributed by atoms with Crippen molar-refractivity contribution in [1.29, 1.82) is 0 Å². The summed E-state index contributed by atoms with van der Waals surface area (Å²) in [5.74, 6) is -1.30. The van der Waals surface area contributed by atoms with E-state index in [0.29, 0.717) is 24.2 Å². The third kappa shape index (κ3) is 5.01. The molecule has 1 aliphatic rings. The zero-order chi connectivity index (χ0) is 23.7. The lowest BCUT2D eigenvalue weighted by Crippen LogP contribution is -2.38. The van der Waals surface area contributed by atoms with Crippen LogP contribution < -0.4 is 9.62 Å². The van der Waals surface area contributed by atoms with Gasteiger partial charge < -0.3 is 10.0 Å². The van der Waals surface area contributed by atoms with Crippen molar-refractivity contribution in [1.82, 2.24) is 0 Å². The number of sulfonamides is 1. The lowest BCUT2D eigenvalue weighted by atomic mass is 10.0. The quantitative estimate of drug-likeness (QED) is 0.610. The SMILES string of the molecule is CCc1ccc(C(=O)O)cc1S(=O)(=O)Nc1cc(C(F)(F)F)ccc1N1CCCCC1C. The van der Waals surface area contributed by atoms with Crippen molar-refractivity contribution in [3.63, 3.8) is 0 Å². The number of nitrogens with one attached hydrogen (secondary N) is 1. The Morgan fingerprint density at radius 3 is 2.50 bits per heavy atom. The predicted molar refractivity (Wildman–Crippen MR) is 116 cm³/mol. The van der Waals surface area contributed by atoms with Gasteiger partial charge in [0.15, 0.2) is 0 Å². The van der Waals surface area contributed by atoms with E-state index in [1.165, 1.54) is 18.2 Å². The molecule has 2 aromatic rings. The first-order valence-corrected chi connectivity index (χ1v) is 11.8. The second kappa shape index (κ2) is 9.01. The summed E-state index contributed by atoms with van der Waals surface area (Å²) in [6, 6.07) is 6.78. The summed E-state index contributed by atoms with van der Waals surface area (Å²) in [5, 5.41) is 9.25. The van der Waals surface area contributed by atoms with Crippen LogP contribution in [0.1, 0.15) is 54.6 Å². The van der Waals surface area contributed by atoms with E-state index in [1.54, 1.807) is 6.92 Å². The lowest BCUT2D eigenvalue weighted by Gasteiger charge is -2.36. The standard InChI is InChI=1S/C22H25F3N2O4S/c1-3-15-7-8-16(21(28)29)12-20(15)32(30,31)26-18-13-17(22(23,24)25)9-10-19(18)27-11-5-4-6-14(27)2/h7-10,12-14,26H,3-6,11H2,1-2H3,(H,28,29). The first kappa shape index (κ1) is 23.9. The Labute approximate surface area is 185 Å². The van der Waals surface area contributed by atoms with E-state index in [2.05, 4.69) is 4.72 Å². The molecule has 2 aromatic carbocycles. The van der Waals surface area contributed by atoms with Crippen molar-refractivity contribution in [3.8, 4) is 0 Å². The molecule has 32 heavy (non-hydrogen) atoms. The predicted octanol–water partition coefficient (Wildman–Crippen LogP) is 5.15. The average Bonchev–Trinajstić information content (AvgIpc) is 2.73. The Balaban J connectivity index is 2.12. The molecule has 0 spiro atoms. The number of carboxylic acid groups (broad SMARTS) is 1. The Morgan fingerprint density at radius 1 is 1.19 bits per heavy atom. The van der Waals surface area contributed by atoms with Crippen molar-refractivity contribution in [2.24, 2.45) is 0 Å². The number of aromatic carboxylic acids is 1. The number of benzene rings is 2. The van der Waals surface area contributed by atoms with Crippen LogP contribution >= 0.6 is 0 Å². The molecule has 174 valence electrons. The van der Waals surface area contributed by atoms with Crippen LogP contribution in [0, 0.1) is 0 Å². The van der Waals surface area contributed by atoms with Gasteiger partial charge in [-0.05, 0) is 68.5 Å². The topological polar surface area (TPSA) is 86.7 Å². The molecule has 1 saturated heterocycles. The molecule has 0 amide bonds. The summed E-state index contributed by atoms with van der Waals surface area (Å²) >= 11 is 0. The van der Waals surface area contributed by atoms with Crippen LogP contribution in [-0.4, -0.2) is 32.1 Å². The number of anilines is 2. The summed E-state index contributed by atoms with van der Waals surface area (Å²) in [7, 11) is -4.36. The third-order valence-electron chi connectivity index (χ3n) is 5.67. The summed E-state index contributed by atoms with van der Waals surface area (Å²) in [6.07, 6.45) is -1.67. The average molecular weight is 471 g/mol. The first-order valence-electron chi connectivity index (χ1n) is 10.3. The highest BCUT2D eigenvalue weighted by molar-refractivity contribution is 7.92. The molecule has 3 rings (SSSR count). The monoisotopic (exact) mass is 470 g/mol. The number of aryl methyl sites for hydroxylation is 1. The highest BCUT2D eigenvalue weighted by atomic mass is 32.2. The van der Waals surface area contributed by atoms with Gasteiger partial charge in [-0.1, -0.05) is 13.0 Å². The van der Waals surface area contributed by atoms with E-state index in [4.69, 9.17) is 0 Å². The molecular weight excluding hydrogens is 445 g/mol. The molecule has 0 aliphatic carbocycles. The van der Waals surface area contributed by atoms with E-state index in [0.717, 1.165) is 37.5 Å². The summed E-state index contributed by atoms with van der Waals surface area (Å²) in [5.41, 5.74) is -0.657. The van der Waals surface area contributed by atoms with Crippen LogP contribution in [0.4, 0.5) is 24.5 Å². The van der Waals surface area contributed by atoms with Gasteiger partial charge in [0.05, 0.1) is 27.4 Å². The van der Waals surface area contributed by atoms with Gasteiger partial charge in [0.25, 0.3) is 10.0 Å². The maximum atomic E-state index is 13.4. The number of piperidine rings is 1. The van der Waals surface area contributed by atoms with Crippen LogP contribution in [0.2, 0.25) is 0 Å². The minimum absolute atomic E-state index is 0.0327. The van der Waals surface area contributed by atoms with Crippen molar-refractivity contribution >= 4 is 27.4 Å². The number of rotatable bonds is 6.